The standard InChI is InChI=1S/C27H30FN3O6/c1-27(2,3)37-26(35)29-13-16-7-9-17(10-8-16)15-36-22-12-18(28)11-19-20(22)14-31(25(19)34)21-5-4-6-23(32)30-24(21)33/h7-12,21H,4-6,13-15H2,1-3H3,(H,29,35)(H,30,32,33)/t21-/m0/s1. The number of benzene rings is 2. The molecule has 0 radical (unpaired) electrons. The molecule has 2 aliphatic heterocycles. The molecule has 2 aromatic rings. The van der Waals surface area contributed by atoms with Crippen LogP contribution in [0.4, 0.5) is 9.18 Å². The van der Waals surface area contributed by atoms with Gasteiger partial charge < -0.3 is 19.7 Å². The number of alkyl carbamates (subject to hydrolysis) is 1. The fourth-order valence-corrected chi connectivity index (χ4v) is 4.31. The van der Waals surface area contributed by atoms with Crippen molar-refractivity contribution in [3.8, 4) is 5.75 Å². The smallest absolute Gasteiger partial charge is 0.407 e. The van der Waals surface area contributed by atoms with E-state index in [1.165, 1.54) is 11.0 Å². The molecule has 1 atom stereocenters. The average Bonchev–Trinajstić information content (AvgIpc) is 3.03. The van der Waals surface area contributed by atoms with Crippen LogP contribution in [0.15, 0.2) is 36.4 Å². The number of amides is 4. The molecule has 2 N–H and O–H groups in total. The van der Waals surface area contributed by atoms with Crippen molar-refractivity contribution in [1.82, 2.24) is 15.5 Å². The van der Waals surface area contributed by atoms with Gasteiger partial charge in [-0.05, 0) is 50.8 Å². The Kier molecular flexibility index (Phi) is 7.47. The number of fused-ring (bicyclic) bond motifs is 1. The lowest BCUT2D eigenvalue weighted by molar-refractivity contribution is -0.132. The number of carbonyl (C=O) groups excluding carboxylic acids is 4. The van der Waals surface area contributed by atoms with E-state index in [-0.39, 0.29) is 36.8 Å². The molecular weight excluding hydrogens is 481 g/mol. The third-order valence-electron chi connectivity index (χ3n) is 6.07. The lowest BCUT2D eigenvalue weighted by Gasteiger charge is -2.24. The van der Waals surface area contributed by atoms with Crippen LogP contribution in [0.5, 0.6) is 5.75 Å². The minimum absolute atomic E-state index is 0.0886. The fraction of sp³-hybridized carbons (Fsp3) is 0.407. The normalized spacial score (nSPS) is 17.7. The Labute approximate surface area is 214 Å². The summed E-state index contributed by atoms with van der Waals surface area (Å²) in [5.74, 6) is -1.73. The third kappa shape index (κ3) is 6.44. The maximum Gasteiger partial charge on any atom is 0.407 e. The van der Waals surface area contributed by atoms with Gasteiger partial charge in [-0.3, -0.25) is 19.7 Å². The van der Waals surface area contributed by atoms with Crippen LogP contribution in [0, 0.1) is 5.82 Å². The SMILES string of the molecule is CC(C)(C)OC(=O)NCc1ccc(COc2cc(F)cc3c2CN([C@H]2CCCC(=O)NC2=O)C3=O)cc1. The van der Waals surface area contributed by atoms with Crippen molar-refractivity contribution in [2.45, 2.75) is 71.4 Å². The van der Waals surface area contributed by atoms with E-state index in [0.717, 1.165) is 17.2 Å². The summed E-state index contributed by atoms with van der Waals surface area (Å²) >= 11 is 0. The van der Waals surface area contributed by atoms with Crippen molar-refractivity contribution in [3.05, 3.63) is 64.5 Å². The van der Waals surface area contributed by atoms with E-state index in [0.29, 0.717) is 24.9 Å². The second kappa shape index (κ2) is 10.6. The molecule has 1 fully saturated rings. The van der Waals surface area contributed by atoms with Crippen LogP contribution < -0.4 is 15.4 Å². The predicted octanol–water partition coefficient (Wildman–Crippen LogP) is 3.58. The average molecular weight is 512 g/mol. The topological polar surface area (TPSA) is 114 Å². The highest BCUT2D eigenvalue weighted by Gasteiger charge is 2.39. The number of halogens is 1. The molecular formula is C27H30FN3O6. The summed E-state index contributed by atoms with van der Waals surface area (Å²) in [6.45, 7) is 5.89. The van der Waals surface area contributed by atoms with Gasteiger partial charge in [-0.15, -0.1) is 0 Å². The molecule has 2 aromatic carbocycles. The first-order chi connectivity index (χ1) is 17.5. The van der Waals surface area contributed by atoms with E-state index >= 15 is 0 Å². The van der Waals surface area contributed by atoms with Gasteiger partial charge in [-0.2, -0.15) is 0 Å². The van der Waals surface area contributed by atoms with Crippen molar-refractivity contribution in [2.75, 3.05) is 0 Å². The Balaban J connectivity index is 1.40. The highest BCUT2D eigenvalue weighted by molar-refractivity contribution is 6.04. The quantitative estimate of drug-likeness (QED) is 0.573. The van der Waals surface area contributed by atoms with Crippen molar-refractivity contribution < 1.29 is 33.0 Å². The van der Waals surface area contributed by atoms with E-state index < -0.39 is 35.4 Å². The fourth-order valence-electron chi connectivity index (χ4n) is 4.31. The van der Waals surface area contributed by atoms with Crippen molar-refractivity contribution in [1.29, 1.82) is 0 Å². The molecule has 0 unspecified atom stereocenters. The lowest BCUT2D eigenvalue weighted by atomic mass is 10.1. The number of hydrogen-bond donors (Lipinski definition) is 2. The number of nitrogens with zero attached hydrogens (tertiary/aromatic N) is 1. The molecule has 37 heavy (non-hydrogen) atoms. The first kappa shape index (κ1) is 26.1. The highest BCUT2D eigenvalue weighted by atomic mass is 19.1. The molecule has 0 spiro atoms. The zero-order valence-corrected chi connectivity index (χ0v) is 21.1. The molecule has 2 heterocycles. The van der Waals surface area contributed by atoms with Gasteiger partial charge in [0.1, 0.15) is 29.8 Å². The summed E-state index contributed by atoms with van der Waals surface area (Å²) in [6.07, 6.45) is 0.543. The number of rotatable bonds is 6. The van der Waals surface area contributed by atoms with Gasteiger partial charge in [-0.25, -0.2) is 9.18 Å². The third-order valence-corrected chi connectivity index (χ3v) is 6.07. The molecule has 0 aliphatic carbocycles. The van der Waals surface area contributed by atoms with Gasteiger partial charge in [0.2, 0.25) is 11.8 Å². The molecule has 4 rings (SSSR count). The van der Waals surface area contributed by atoms with Gasteiger partial charge >= 0.3 is 6.09 Å². The molecule has 4 amide bonds. The summed E-state index contributed by atoms with van der Waals surface area (Å²) in [7, 11) is 0. The molecule has 1 saturated heterocycles. The van der Waals surface area contributed by atoms with Crippen LogP contribution >= 0.6 is 0 Å². The molecule has 9 nitrogen and oxygen atoms in total. The van der Waals surface area contributed by atoms with E-state index in [4.69, 9.17) is 9.47 Å². The summed E-state index contributed by atoms with van der Waals surface area (Å²) in [6, 6.07) is 8.91. The van der Waals surface area contributed by atoms with E-state index in [1.807, 2.05) is 24.3 Å². The number of carbonyl (C=O) groups is 4. The number of nitrogens with one attached hydrogen (secondary N) is 2. The van der Waals surface area contributed by atoms with Gasteiger partial charge in [0.15, 0.2) is 0 Å². The summed E-state index contributed by atoms with van der Waals surface area (Å²) < 4.78 is 25.5. The zero-order chi connectivity index (χ0) is 26.7. The van der Waals surface area contributed by atoms with E-state index in [1.54, 1.807) is 20.8 Å². The van der Waals surface area contributed by atoms with Crippen LogP contribution in [0.2, 0.25) is 0 Å². The summed E-state index contributed by atoms with van der Waals surface area (Å²) in [4.78, 5) is 50.4. The van der Waals surface area contributed by atoms with Gasteiger partial charge in [-0.1, -0.05) is 24.3 Å². The van der Waals surface area contributed by atoms with Crippen LogP contribution in [0.1, 0.15) is 67.1 Å². The number of ether oxygens (including phenoxy) is 2. The molecule has 0 aromatic heterocycles. The number of hydrogen-bond acceptors (Lipinski definition) is 6. The second-order valence-electron chi connectivity index (χ2n) is 10.1. The van der Waals surface area contributed by atoms with E-state index in [2.05, 4.69) is 10.6 Å². The minimum atomic E-state index is -0.802. The van der Waals surface area contributed by atoms with Crippen molar-refractivity contribution >= 4 is 23.8 Å². The van der Waals surface area contributed by atoms with Gasteiger partial charge in [0, 0.05) is 24.6 Å². The van der Waals surface area contributed by atoms with Crippen LogP contribution in [-0.2, 0) is 34.0 Å². The number of imide groups is 1. The first-order valence-corrected chi connectivity index (χ1v) is 12.1. The molecule has 0 saturated carbocycles. The Hall–Kier alpha value is -3.95. The molecule has 196 valence electrons. The van der Waals surface area contributed by atoms with Crippen molar-refractivity contribution in [3.63, 3.8) is 0 Å². The zero-order valence-electron chi connectivity index (χ0n) is 21.1. The second-order valence-corrected chi connectivity index (χ2v) is 10.1. The van der Waals surface area contributed by atoms with Crippen LogP contribution in [-0.4, -0.2) is 40.4 Å². The highest BCUT2D eigenvalue weighted by Crippen LogP contribution is 2.35. The molecule has 0 bridgehead atoms. The summed E-state index contributed by atoms with van der Waals surface area (Å²) in [5, 5.41) is 5.01. The van der Waals surface area contributed by atoms with Crippen LogP contribution in [0.3, 0.4) is 0 Å². The van der Waals surface area contributed by atoms with Crippen LogP contribution in [0.25, 0.3) is 0 Å². The Morgan fingerprint density at radius 3 is 2.54 bits per heavy atom. The lowest BCUT2D eigenvalue weighted by Crippen LogP contribution is -2.46. The van der Waals surface area contributed by atoms with Gasteiger partial charge in [0.05, 0.1) is 12.1 Å². The first-order valence-electron chi connectivity index (χ1n) is 12.1. The molecule has 10 heteroatoms. The summed E-state index contributed by atoms with van der Waals surface area (Å²) in [5.41, 5.74) is 1.75. The maximum absolute atomic E-state index is 14.4. The predicted molar refractivity (Wildman–Crippen MR) is 131 cm³/mol. The minimum Gasteiger partial charge on any atom is -0.488 e. The molecule has 2 aliphatic rings. The van der Waals surface area contributed by atoms with E-state index in [9.17, 15) is 23.6 Å². The Morgan fingerprint density at radius 1 is 1.14 bits per heavy atom. The monoisotopic (exact) mass is 511 g/mol. The Bertz CT molecular complexity index is 1220. The maximum atomic E-state index is 14.4. The van der Waals surface area contributed by atoms with Gasteiger partial charge in [0.25, 0.3) is 5.91 Å². The van der Waals surface area contributed by atoms with Crippen molar-refractivity contribution in [2.24, 2.45) is 0 Å². The largest absolute Gasteiger partial charge is 0.488 e. The Morgan fingerprint density at radius 2 is 1.84 bits per heavy atom.